The molecule has 1 heterocycles. The number of nitrogens with one attached hydrogen (secondary N) is 1. The number of benzene rings is 2. The lowest BCUT2D eigenvalue weighted by Crippen LogP contribution is -2.50. The van der Waals surface area contributed by atoms with Crippen molar-refractivity contribution < 1.29 is 23.8 Å². The number of rotatable bonds is 8. The summed E-state index contributed by atoms with van der Waals surface area (Å²) in [5.41, 5.74) is 1.14. The Kier molecular flexibility index (Phi) is 7.19. The largest absolute Gasteiger partial charge is 0.494 e. The van der Waals surface area contributed by atoms with E-state index >= 15 is 0 Å². The van der Waals surface area contributed by atoms with Crippen molar-refractivity contribution >= 4 is 11.9 Å². The first-order valence-corrected chi connectivity index (χ1v) is 11.7. The first-order chi connectivity index (χ1) is 17.2. The van der Waals surface area contributed by atoms with E-state index in [1.54, 1.807) is 43.4 Å². The molecule has 9 heteroatoms. The summed E-state index contributed by atoms with van der Waals surface area (Å²) < 4.78 is 20.0. The highest BCUT2D eigenvalue weighted by molar-refractivity contribution is 5.92. The predicted molar refractivity (Wildman–Crippen MR) is 131 cm³/mol. The van der Waals surface area contributed by atoms with Crippen LogP contribution >= 0.6 is 0 Å². The summed E-state index contributed by atoms with van der Waals surface area (Å²) in [6.45, 7) is 0. The molecule has 4 rings (SSSR count). The van der Waals surface area contributed by atoms with Crippen LogP contribution in [0.4, 0.5) is 4.39 Å². The minimum atomic E-state index is -1.15. The van der Waals surface area contributed by atoms with Crippen LogP contribution in [0.3, 0.4) is 0 Å². The van der Waals surface area contributed by atoms with Gasteiger partial charge in [-0.2, -0.15) is 5.10 Å². The number of hydrogen-bond donors (Lipinski definition) is 2. The van der Waals surface area contributed by atoms with Crippen LogP contribution in [0.15, 0.2) is 59.5 Å². The second-order valence-corrected chi connectivity index (χ2v) is 9.08. The first kappa shape index (κ1) is 25.1. The zero-order valence-electron chi connectivity index (χ0n) is 20.2. The Morgan fingerprint density at radius 3 is 2.36 bits per heavy atom. The summed E-state index contributed by atoms with van der Waals surface area (Å²) in [5, 5.41) is 16.5. The number of carbonyl (C=O) groups is 2. The number of amides is 1. The van der Waals surface area contributed by atoms with Crippen molar-refractivity contribution in [1.82, 2.24) is 15.1 Å². The van der Waals surface area contributed by atoms with E-state index < -0.39 is 17.4 Å². The minimum Gasteiger partial charge on any atom is -0.494 e. The molecule has 0 bridgehead atoms. The van der Waals surface area contributed by atoms with Gasteiger partial charge in [0.1, 0.15) is 11.9 Å². The Morgan fingerprint density at radius 2 is 1.78 bits per heavy atom. The second kappa shape index (κ2) is 10.3. The average molecular weight is 494 g/mol. The number of ether oxygens (including phenoxy) is 1. The highest BCUT2D eigenvalue weighted by Gasteiger charge is 2.43. The maximum Gasteiger partial charge on any atom is 0.326 e. The molecule has 0 saturated heterocycles. The third kappa shape index (κ3) is 4.86. The number of carbonyl (C=O) groups excluding carboxylic acids is 1. The van der Waals surface area contributed by atoms with Crippen molar-refractivity contribution in [3.05, 3.63) is 82.0 Å². The summed E-state index contributed by atoms with van der Waals surface area (Å²) in [6, 6.07) is 11.6. The second-order valence-electron chi connectivity index (χ2n) is 9.08. The molecule has 0 spiro atoms. The van der Waals surface area contributed by atoms with E-state index in [9.17, 15) is 23.9 Å². The van der Waals surface area contributed by atoms with Gasteiger partial charge in [0.25, 0.3) is 5.56 Å². The van der Waals surface area contributed by atoms with E-state index in [4.69, 9.17) is 4.74 Å². The van der Waals surface area contributed by atoms with Gasteiger partial charge in [-0.15, -0.1) is 0 Å². The maximum atomic E-state index is 13.5. The third-order valence-corrected chi connectivity index (χ3v) is 6.90. The van der Waals surface area contributed by atoms with Gasteiger partial charge < -0.3 is 15.2 Å². The highest BCUT2D eigenvalue weighted by atomic mass is 19.1. The fourth-order valence-corrected chi connectivity index (χ4v) is 4.88. The molecule has 2 aromatic carbocycles. The molecule has 0 radical (unpaired) electrons. The van der Waals surface area contributed by atoms with Crippen molar-refractivity contribution in [3.8, 4) is 16.9 Å². The molecule has 1 amide bonds. The van der Waals surface area contributed by atoms with E-state index in [1.165, 1.54) is 30.1 Å². The van der Waals surface area contributed by atoms with Crippen LogP contribution in [0.5, 0.6) is 5.75 Å². The molecule has 1 aromatic heterocycles. The molecular weight excluding hydrogens is 465 g/mol. The lowest BCUT2D eigenvalue weighted by molar-refractivity contribution is -0.142. The Labute approximate surface area is 207 Å². The van der Waals surface area contributed by atoms with E-state index in [0.29, 0.717) is 40.8 Å². The van der Waals surface area contributed by atoms with Crippen molar-refractivity contribution in [3.63, 3.8) is 0 Å². The molecule has 188 valence electrons. The van der Waals surface area contributed by atoms with Crippen molar-refractivity contribution in [2.75, 3.05) is 7.11 Å². The number of methoxy groups -OCH3 is 1. The van der Waals surface area contributed by atoms with Crippen LogP contribution in [0, 0.1) is 5.82 Å². The monoisotopic (exact) mass is 493 g/mol. The minimum absolute atomic E-state index is 0.0618. The normalized spacial score (nSPS) is 15.3. The molecule has 36 heavy (non-hydrogen) atoms. The molecule has 1 atom stereocenters. The number of carboxylic acid groups (broad SMARTS) is 1. The number of aryl methyl sites for hydroxylation is 1. The van der Waals surface area contributed by atoms with Gasteiger partial charge in [-0.3, -0.25) is 9.59 Å². The van der Waals surface area contributed by atoms with Crippen LogP contribution in [0.1, 0.15) is 36.8 Å². The number of aliphatic carboxylic acids is 1. The van der Waals surface area contributed by atoms with Crippen molar-refractivity contribution in [2.45, 2.75) is 43.6 Å². The van der Waals surface area contributed by atoms with Crippen LogP contribution < -0.4 is 15.6 Å². The molecule has 1 aliphatic carbocycles. The van der Waals surface area contributed by atoms with Crippen molar-refractivity contribution in [2.24, 2.45) is 7.05 Å². The molecule has 1 saturated carbocycles. The molecule has 1 aliphatic rings. The van der Waals surface area contributed by atoms with E-state index in [1.807, 2.05) is 0 Å². The van der Waals surface area contributed by atoms with Gasteiger partial charge in [0, 0.05) is 13.5 Å². The molecule has 2 N–H and O–H groups in total. The number of nitrogens with zero attached hydrogens (tertiary/aromatic N) is 2. The summed E-state index contributed by atoms with van der Waals surface area (Å²) in [5.74, 6) is -1.56. The highest BCUT2D eigenvalue weighted by Crippen LogP contribution is 2.41. The van der Waals surface area contributed by atoms with Gasteiger partial charge in [-0.05, 0) is 41.7 Å². The molecular formula is C27H28FN3O5. The van der Waals surface area contributed by atoms with Crippen molar-refractivity contribution in [1.29, 1.82) is 0 Å². The zero-order chi connectivity index (χ0) is 25.9. The summed E-state index contributed by atoms with van der Waals surface area (Å²) in [6.07, 6.45) is 4.35. The van der Waals surface area contributed by atoms with Gasteiger partial charge in [0.15, 0.2) is 5.75 Å². The standard InChI is InChI=1S/C27H28FN3O5/c1-31-24(32)23(22(36-2)16-29-31)18-7-5-17(6-8-18)15-21(25(33)34)30-26(35)27(13-3-4-14-27)19-9-11-20(28)12-10-19/h5-12,16,21H,3-4,13-15H2,1-2H3,(H,30,35)(H,33,34)/t21-/m0/s1. The number of hydrogen-bond acceptors (Lipinski definition) is 5. The summed E-state index contributed by atoms with van der Waals surface area (Å²) in [7, 11) is 3.00. The van der Waals surface area contributed by atoms with E-state index in [-0.39, 0.29) is 23.7 Å². The smallest absolute Gasteiger partial charge is 0.326 e. The van der Waals surface area contributed by atoms with Gasteiger partial charge in [-0.25, -0.2) is 13.9 Å². The molecule has 0 aliphatic heterocycles. The summed E-state index contributed by atoms with van der Waals surface area (Å²) in [4.78, 5) is 38.1. The first-order valence-electron chi connectivity index (χ1n) is 11.7. The van der Waals surface area contributed by atoms with Gasteiger partial charge >= 0.3 is 5.97 Å². The maximum absolute atomic E-state index is 13.5. The molecule has 8 nitrogen and oxygen atoms in total. The van der Waals surface area contributed by atoms with E-state index in [0.717, 1.165) is 12.8 Å². The van der Waals surface area contributed by atoms with Crippen LogP contribution in [0.2, 0.25) is 0 Å². The fourth-order valence-electron chi connectivity index (χ4n) is 4.88. The Bertz CT molecular complexity index is 1310. The van der Waals surface area contributed by atoms with Crippen LogP contribution in [-0.2, 0) is 28.5 Å². The summed E-state index contributed by atoms with van der Waals surface area (Å²) >= 11 is 0. The predicted octanol–water partition coefficient (Wildman–Crippen LogP) is 3.22. The Morgan fingerprint density at radius 1 is 1.14 bits per heavy atom. The zero-order valence-corrected chi connectivity index (χ0v) is 20.2. The van der Waals surface area contributed by atoms with Gasteiger partial charge in [-0.1, -0.05) is 49.2 Å². The number of halogens is 1. The fraction of sp³-hybridized carbons (Fsp3) is 0.333. The molecule has 0 unspecified atom stereocenters. The average Bonchev–Trinajstić information content (AvgIpc) is 3.37. The lowest BCUT2D eigenvalue weighted by Gasteiger charge is -2.30. The topological polar surface area (TPSA) is 111 Å². The van der Waals surface area contributed by atoms with Crippen LogP contribution in [0.25, 0.3) is 11.1 Å². The van der Waals surface area contributed by atoms with E-state index in [2.05, 4.69) is 10.4 Å². The quantitative estimate of drug-likeness (QED) is 0.499. The SMILES string of the molecule is COc1cnn(C)c(=O)c1-c1ccc(C[C@H](NC(=O)C2(c3ccc(F)cc3)CCCC2)C(=O)O)cc1. The van der Waals surface area contributed by atoms with Gasteiger partial charge in [0.05, 0.1) is 24.3 Å². The van der Waals surface area contributed by atoms with Crippen LogP contribution in [-0.4, -0.2) is 39.9 Å². The third-order valence-electron chi connectivity index (χ3n) is 6.90. The molecule has 1 fully saturated rings. The Hall–Kier alpha value is -4.01. The number of aromatic nitrogens is 2. The van der Waals surface area contributed by atoms with Gasteiger partial charge in [0.2, 0.25) is 5.91 Å². The number of carboxylic acids is 1. The Balaban J connectivity index is 1.55. The molecule has 3 aromatic rings. The lowest BCUT2D eigenvalue weighted by atomic mass is 9.77.